The fourth-order valence-corrected chi connectivity index (χ4v) is 1.90. The summed E-state index contributed by atoms with van der Waals surface area (Å²) in [5, 5.41) is 3.55. The van der Waals surface area contributed by atoms with Gasteiger partial charge in [0.25, 0.3) is 0 Å². The summed E-state index contributed by atoms with van der Waals surface area (Å²) < 4.78 is 0. The molecule has 1 heterocycles. The van der Waals surface area contributed by atoms with Crippen LogP contribution >= 0.6 is 0 Å². The molecule has 14 heavy (non-hydrogen) atoms. The summed E-state index contributed by atoms with van der Waals surface area (Å²) in [5.41, 5.74) is 9.52. The summed E-state index contributed by atoms with van der Waals surface area (Å²) in [6.45, 7) is 6.79. The Bertz CT molecular complexity index is 350. The second-order valence-corrected chi connectivity index (χ2v) is 5.18. The number of nitrogens with one attached hydrogen (secondary N) is 1. The maximum atomic E-state index is 5.76. The van der Waals surface area contributed by atoms with Crippen molar-refractivity contribution < 1.29 is 0 Å². The Morgan fingerprint density at radius 1 is 1.36 bits per heavy atom. The van der Waals surface area contributed by atoms with Crippen molar-refractivity contribution in [3.8, 4) is 0 Å². The number of rotatable bonds is 0. The van der Waals surface area contributed by atoms with E-state index in [0.717, 1.165) is 12.1 Å². The highest BCUT2D eigenvalue weighted by atomic mass is 15.0. The van der Waals surface area contributed by atoms with E-state index in [0.29, 0.717) is 11.5 Å². The third-order valence-corrected chi connectivity index (χ3v) is 2.93. The normalized spacial score (nSPS) is 20.4. The topological polar surface area (TPSA) is 38.0 Å². The van der Waals surface area contributed by atoms with Gasteiger partial charge in [-0.05, 0) is 35.6 Å². The Morgan fingerprint density at radius 3 is 2.71 bits per heavy atom. The van der Waals surface area contributed by atoms with Gasteiger partial charge in [-0.3, -0.25) is 0 Å². The molecule has 0 saturated carbocycles. The van der Waals surface area contributed by atoms with Crippen molar-refractivity contribution in [2.75, 3.05) is 11.1 Å². The van der Waals surface area contributed by atoms with E-state index in [4.69, 9.17) is 5.73 Å². The number of hydrogen-bond donors (Lipinski definition) is 2. The first kappa shape index (κ1) is 9.38. The SMILES string of the molecule is CC(C)(C)[C@@H]1Cc2cc(N)ccc2N1. The maximum Gasteiger partial charge on any atom is 0.0377 e. The lowest BCUT2D eigenvalue weighted by molar-refractivity contribution is 0.347. The van der Waals surface area contributed by atoms with Crippen molar-refractivity contribution >= 4 is 11.4 Å². The lowest BCUT2D eigenvalue weighted by Crippen LogP contribution is -2.31. The first-order valence-electron chi connectivity index (χ1n) is 5.12. The predicted molar refractivity (Wildman–Crippen MR) is 61.4 cm³/mol. The zero-order valence-electron chi connectivity index (χ0n) is 9.09. The van der Waals surface area contributed by atoms with Gasteiger partial charge in [0.2, 0.25) is 0 Å². The zero-order valence-corrected chi connectivity index (χ0v) is 9.09. The standard InChI is InChI=1S/C12H18N2/c1-12(2,3)11-7-8-6-9(13)4-5-10(8)14-11/h4-6,11,14H,7,13H2,1-3H3/t11-/m0/s1. The molecule has 1 aromatic carbocycles. The van der Waals surface area contributed by atoms with Crippen LogP contribution in [0.3, 0.4) is 0 Å². The van der Waals surface area contributed by atoms with Crippen molar-refractivity contribution in [1.82, 2.24) is 0 Å². The van der Waals surface area contributed by atoms with Gasteiger partial charge >= 0.3 is 0 Å². The summed E-state index contributed by atoms with van der Waals surface area (Å²) in [5.74, 6) is 0. The van der Waals surface area contributed by atoms with Crippen LogP contribution in [0.2, 0.25) is 0 Å². The van der Waals surface area contributed by atoms with Crippen molar-refractivity contribution in [1.29, 1.82) is 0 Å². The van der Waals surface area contributed by atoms with Crippen LogP contribution in [0.1, 0.15) is 26.3 Å². The number of anilines is 2. The van der Waals surface area contributed by atoms with Gasteiger partial charge in [-0.15, -0.1) is 0 Å². The first-order valence-corrected chi connectivity index (χ1v) is 5.12. The molecule has 0 aromatic heterocycles. The Labute approximate surface area is 85.5 Å². The van der Waals surface area contributed by atoms with E-state index in [9.17, 15) is 0 Å². The summed E-state index contributed by atoms with van der Waals surface area (Å²) >= 11 is 0. The molecule has 1 aliphatic rings. The van der Waals surface area contributed by atoms with Crippen LogP contribution in [0, 0.1) is 5.41 Å². The second-order valence-electron chi connectivity index (χ2n) is 5.18. The molecule has 0 unspecified atom stereocenters. The molecule has 2 heteroatoms. The average Bonchev–Trinajstić information content (AvgIpc) is 2.45. The van der Waals surface area contributed by atoms with Gasteiger partial charge in [-0.25, -0.2) is 0 Å². The van der Waals surface area contributed by atoms with Crippen LogP contribution in [-0.4, -0.2) is 6.04 Å². The summed E-state index contributed by atoms with van der Waals surface area (Å²) in [6, 6.07) is 6.64. The van der Waals surface area contributed by atoms with Crippen LogP contribution in [0.25, 0.3) is 0 Å². The van der Waals surface area contributed by atoms with Gasteiger partial charge in [0.05, 0.1) is 0 Å². The molecule has 0 aliphatic carbocycles. The average molecular weight is 190 g/mol. The largest absolute Gasteiger partial charge is 0.399 e. The monoisotopic (exact) mass is 190 g/mol. The van der Waals surface area contributed by atoms with E-state index in [2.05, 4.69) is 38.2 Å². The molecule has 0 radical (unpaired) electrons. The smallest absolute Gasteiger partial charge is 0.0377 e. The molecule has 2 nitrogen and oxygen atoms in total. The second kappa shape index (κ2) is 2.91. The number of hydrogen-bond acceptors (Lipinski definition) is 2. The van der Waals surface area contributed by atoms with Gasteiger partial charge in [0, 0.05) is 17.4 Å². The predicted octanol–water partition coefficient (Wildman–Crippen LogP) is 2.65. The molecule has 1 aliphatic heterocycles. The third-order valence-electron chi connectivity index (χ3n) is 2.93. The first-order chi connectivity index (χ1) is 6.47. The minimum absolute atomic E-state index is 0.299. The van der Waals surface area contributed by atoms with Crippen molar-refractivity contribution in [2.45, 2.75) is 33.2 Å². The van der Waals surface area contributed by atoms with Gasteiger partial charge in [0.15, 0.2) is 0 Å². The van der Waals surface area contributed by atoms with Crippen molar-refractivity contribution in [3.63, 3.8) is 0 Å². The highest BCUT2D eigenvalue weighted by Crippen LogP contribution is 2.35. The van der Waals surface area contributed by atoms with Crippen LogP contribution in [0.5, 0.6) is 0 Å². The van der Waals surface area contributed by atoms with Gasteiger partial charge in [-0.2, -0.15) is 0 Å². The van der Waals surface area contributed by atoms with Crippen LogP contribution in [0.4, 0.5) is 11.4 Å². The summed E-state index contributed by atoms with van der Waals surface area (Å²) in [7, 11) is 0. The summed E-state index contributed by atoms with van der Waals surface area (Å²) in [4.78, 5) is 0. The quantitative estimate of drug-likeness (QED) is 0.617. The molecule has 0 saturated heterocycles. The Morgan fingerprint density at radius 2 is 2.07 bits per heavy atom. The van der Waals surface area contributed by atoms with Gasteiger partial charge in [-0.1, -0.05) is 20.8 Å². The summed E-state index contributed by atoms with van der Waals surface area (Å²) in [6.07, 6.45) is 1.09. The Balaban J connectivity index is 2.26. The molecule has 0 bridgehead atoms. The number of benzene rings is 1. The maximum absolute atomic E-state index is 5.76. The Kier molecular flexibility index (Phi) is 1.95. The van der Waals surface area contributed by atoms with E-state index in [1.165, 1.54) is 11.3 Å². The number of fused-ring (bicyclic) bond motifs is 1. The van der Waals surface area contributed by atoms with E-state index >= 15 is 0 Å². The number of nitrogen functional groups attached to an aromatic ring is 1. The zero-order chi connectivity index (χ0) is 10.3. The minimum atomic E-state index is 0.299. The van der Waals surface area contributed by atoms with Gasteiger partial charge in [0.1, 0.15) is 0 Å². The molecule has 2 rings (SSSR count). The molecule has 3 N–H and O–H groups in total. The van der Waals surface area contributed by atoms with E-state index < -0.39 is 0 Å². The van der Waals surface area contributed by atoms with Crippen molar-refractivity contribution in [3.05, 3.63) is 23.8 Å². The molecule has 76 valence electrons. The fourth-order valence-electron chi connectivity index (χ4n) is 1.90. The molecule has 0 fully saturated rings. The fraction of sp³-hybridized carbons (Fsp3) is 0.500. The lowest BCUT2D eigenvalue weighted by atomic mass is 9.85. The molecule has 0 spiro atoms. The van der Waals surface area contributed by atoms with E-state index in [1.54, 1.807) is 0 Å². The van der Waals surface area contributed by atoms with Crippen molar-refractivity contribution in [2.24, 2.45) is 5.41 Å². The molecular formula is C12H18N2. The highest BCUT2D eigenvalue weighted by Gasteiger charge is 2.30. The van der Waals surface area contributed by atoms with Crippen LogP contribution in [-0.2, 0) is 6.42 Å². The molecule has 1 aromatic rings. The van der Waals surface area contributed by atoms with Gasteiger partial charge < -0.3 is 11.1 Å². The molecule has 1 atom stereocenters. The van der Waals surface area contributed by atoms with Crippen LogP contribution < -0.4 is 11.1 Å². The highest BCUT2D eigenvalue weighted by molar-refractivity contribution is 5.62. The molecule has 0 amide bonds. The van der Waals surface area contributed by atoms with Crippen LogP contribution in [0.15, 0.2) is 18.2 Å². The Hall–Kier alpha value is -1.18. The number of nitrogens with two attached hydrogens (primary N) is 1. The molecular weight excluding hydrogens is 172 g/mol. The lowest BCUT2D eigenvalue weighted by Gasteiger charge is -2.27. The van der Waals surface area contributed by atoms with E-state index in [1.807, 2.05) is 6.07 Å². The third kappa shape index (κ3) is 1.57. The minimum Gasteiger partial charge on any atom is -0.399 e. The van der Waals surface area contributed by atoms with E-state index in [-0.39, 0.29) is 0 Å².